The molecule has 0 heterocycles. The standard InChI is InChI=1S/C18H22N4O3.HI/c1-19-18(20-11-14-7-9-17(10-8-14)22(24)25)21-12-16(13-23)15-5-3-2-4-6-15;/h2-10,16,23H,11-13H2,1H3,(H2,19,20,21);1H. The lowest BCUT2D eigenvalue weighted by Crippen LogP contribution is -2.39. The summed E-state index contributed by atoms with van der Waals surface area (Å²) in [6.45, 7) is 1.07. The van der Waals surface area contributed by atoms with Gasteiger partial charge in [0.1, 0.15) is 0 Å². The molecule has 0 aliphatic carbocycles. The highest BCUT2D eigenvalue weighted by atomic mass is 127. The van der Waals surface area contributed by atoms with Crippen LogP contribution in [0.15, 0.2) is 59.6 Å². The summed E-state index contributed by atoms with van der Waals surface area (Å²) in [6.07, 6.45) is 0. The van der Waals surface area contributed by atoms with Gasteiger partial charge in [-0.05, 0) is 11.1 Å². The SMILES string of the molecule is CN=C(NCc1ccc([N+](=O)[O-])cc1)NCC(CO)c1ccccc1.I. The number of aliphatic hydroxyl groups is 1. The molecule has 0 aromatic heterocycles. The van der Waals surface area contributed by atoms with Gasteiger partial charge in [0.05, 0.1) is 11.5 Å². The number of rotatable bonds is 7. The van der Waals surface area contributed by atoms with Crippen molar-refractivity contribution in [3.63, 3.8) is 0 Å². The molecule has 1 atom stereocenters. The topological polar surface area (TPSA) is 99.8 Å². The first-order valence-electron chi connectivity index (χ1n) is 7.97. The van der Waals surface area contributed by atoms with E-state index in [2.05, 4.69) is 15.6 Å². The Bertz CT molecular complexity index is 708. The molecule has 0 saturated carbocycles. The molecule has 3 N–H and O–H groups in total. The Kier molecular flexibility index (Phi) is 9.60. The van der Waals surface area contributed by atoms with Crippen molar-refractivity contribution in [2.24, 2.45) is 4.99 Å². The second-order valence-corrected chi connectivity index (χ2v) is 5.52. The van der Waals surface area contributed by atoms with E-state index in [0.29, 0.717) is 19.0 Å². The first kappa shape index (κ1) is 21.8. The zero-order chi connectivity index (χ0) is 18.1. The number of hydrogen-bond donors (Lipinski definition) is 3. The maximum Gasteiger partial charge on any atom is 0.269 e. The molecule has 0 radical (unpaired) electrons. The maximum absolute atomic E-state index is 10.7. The van der Waals surface area contributed by atoms with Crippen molar-refractivity contribution in [3.05, 3.63) is 75.8 Å². The van der Waals surface area contributed by atoms with Crippen LogP contribution in [0.25, 0.3) is 0 Å². The number of nitrogens with zero attached hydrogens (tertiary/aromatic N) is 2. The summed E-state index contributed by atoms with van der Waals surface area (Å²) in [5.74, 6) is 0.576. The average Bonchev–Trinajstić information content (AvgIpc) is 2.65. The molecule has 2 rings (SSSR count). The van der Waals surface area contributed by atoms with E-state index in [1.54, 1.807) is 19.2 Å². The van der Waals surface area contributed by atoms with Gasteiger partial charge in [0.15, 0.2) is 5.96 Å². The molecule has 0 bridgehead atoms. The van der Waals surface area contributed by atoms with Crippen LogP contribution in [0, 0.1) is 10.1 Å². The van der Waals surface area contributed by atoms with Gasteiger partial charge in [-0.2, -0.15) is 0 Å². The second-order valence-electron chi connectivity index (χ2n) is 5.52. The Morgan fingerprint density at radius 3 is 2.35 bits per heavy atom. The predicted molar refractivity (Wildman–Crippen MR) is 113 cm³/mol. The smallest absolute Gasteiger partial charge is 0.269 e. The Hall–Kier alpha value is -2.20. The fraction of sp³-hybridized carbons (Fsp3) is 0.278. The van der Waals surface area contributed by atoms with Gasteiger partial charge >= 0.3 is 0 Å². The van der Waals surface area contributed by atoms with Gasteiger partial charge in [-0.25, -0.2) is 0 Å². The Balaban J connectivity index is 0.00000338. The summed E-state index contributed by atoms with van der Waals surface area (Å²) < 4.78 is 0. The molecule has 7 nitrogen and oxygen atoms in total. The van der Waals surface area contributed by atoms with Crippen molar-refractivity contribution in [1.82, 2.24) is 10.6 Å². The molecular formula is C18H23IN4O3. The van der Waals surface area contributed by atoms with Gasteiger partial charge in [-0.15, -0.1) is 24.0 Å². The second kappa shape index (κ2) is 11.4. The number of nitro benzene ring substituents is 1. The number of nitrogens with one attached hydrogen (secondary N) is 2. The molecule has 0 amide bonds. The summed E-state index contributed by atoms with van der Waals surface area (Å²) in [4.78, 5) is 14.4. The number of aliphatic hydroxyl groups excluding tert-OH is 1. The zero-order valence-corrected chi connectivity index (χ0v) is 16.8. The fourth-order valence-corrected chi connectivity index (χ4v) is 2.37. The van der Waals surface area contributed by atoms with Crippen LogP contribution in [-0.2, 0) is 6.54 Å². The fourth-order valence-electron chi connectivity index (χ4n) is 2.37. The molecule has 8 heteroatoms. The summed E-state index contributed by atoms with van der Waals surface area (Å²) in [5.41, 5.74) is 2.04. The van der Waals surface area contributed by atoms with Crippen molar-refractivity contribution in [3.8, 4) is 0 Å². The number of aliphatic imine (C=N–C) groups is 1. The van der Waals surface area contributed by atoms with Crippen LogP contribution in [0.4, 0.5) is 5.69 Å². The third-order valence-electron chi connectivity index (χ3n) is 3.84. The van der Waals surface area contributed by atoms with Crippen LogP contribution in [0.3, 0.4) is 0 Å². The highest BCUT2D eigenvalue weighted by molar-refractivity contribution is 14.0. The quantitative estimate of drug-likeness (QED) is 0.190. The minimum absolute atomic E-state index is 0. The highest BCUT2D eigenvalue weighted by Crippen LogP contribution is 2.14. The number of hydrogen-bond acceptors (Lipinski definition) is 4. The highest BCUT2D eigenvalue weighted by Gasteiger charge is 2.11. The molecule has 0 fully saturated rings. The van der Waals surface area contributed by atoms with Crippen molar-refractivity contribution in [2.45, 2.75) is 12.5 Å². The average molecular weight is 470 g/mol. The van der Waals surface area contributed by atoms with E-state index >= 15 is 0 Å². The van der Waals surface area contributed by atoms with E-state index in [1.165, 1.54) is 12.1 Å². The van der Waals surface area contributed by atoms with Crippen LogP contribution >= 0.6 is 24.0 Å². The summed E-state index contributed by atoms with van der Waals surface area (Å²) >= 11 is 0. The van der Waals surface area contributed by atoms with Crippen LogP contribution in [0.5, 0.6) is 0 Å². The van der Waals surface area contributed by atoms with Crippen LogP contribution in [-0.4, -0.2) is 36.2 Å². The minimum atomic E-state index is -0.420. The van der Waals surface area contributed by atoms with Gasteiger partial charge in [0, 0.05) is 38.2 Å². The van der Waals surface area contributed by atoms with Gasteiger partial charge in [0.2, 0.25) is 0 Å². The van der Waals surface area contributed by atoms with E-state index < -0.39 is 4.92 Å². The molecule has 0 spiro atoms. The Labute approximate surface area is 169 Å². The first-order valence-corrected chi connectivity index (χ1v) is 7.97. The van der Waals surface area contributed by atoms with Crippen molar-refractivity contribution >= 4 is 35.6 Å². The van der Waals surface area contributed by atoms with Crippen LogP contribution < -0.4 is 10.6 Å². The third-order valence-corrected chi connectivity index (χ3v) is 3.84. The molecular weight excluding hydrogens is 447 g/mol. The maximum atomic E-state index is 10.7. The number of nitro groups is 1. The molecule has 140 valence electrons. The lowest BCUT2D eigenvalue weighted by Gasteiger charge is -2.18. The molecule has 26 heavy (non-hydrogen) atoms. The molecule has 0 aliphatic rings. The van der Waals surface area contributed by atoms with Gasteiger partial charge in [-0.1, -0.05) is 42.5 Å². The molecule has 2 aromatic rings. The number of non-ortho nitro benzene ring substituents is 1. The van der Waals surface area contributed by atoms with Gasteiger partial charge < -0.3 is 15.7 Å². The number of halogens is 1. The normalized spacial score (nSPS) is 12.0. The van der Waals surface area contributed by atoms with Gasteiger partial charge in [0.25, 0.3) is 5.69 Å². The molecule has 0 aliphatic heterocycles. The molecule has 1 unspecified atom stereocenters. The van der Waals surface area contributed by atoms with E-state index in [9.17, 15) is 15.2 Å². The Morgan fingerprint density at radius 2 is 1.81 bits per heavy atom. The summed E-state index contributed by atoms with van der Waals surface area (Å²) in [5, 5.41) is 26.6. The number of benzene rings is 2. The van der Waals surface area contributed by atoms with Crippen molar-refractivity contribution in [1.29, 1.82) is 0 Å². The molecule has 2 aromatic carbocycles. The lowest BCUT2D eigenvalue weighted by atomic mass is 10.0. The number of guanidine groups is 1. The monoisotopic (exact) mass is 470 g/mol. The van der Waals surface area contributed by atoms with E-state index in [0.717, 1.165) is 11.1 Å². The van der Waals surface area contributed by atoms with Crippen molar-refractivity contribution in [2.75, 3.05) is 20.2 Å². The molecule has 0 saturated heterocycles. The van der Waals surface area contributed by atoms with Crippen LogP contribution in [0.2, 0.25) is 0 Å². The summed E-state index contributed by atoms with van der Waals surface area (Å²) in [7, 11) is 1.67. The van der Waals surface area contributed by atoms with E-state index in [-0.39, 0.29) is 42.2 Å². The van der Waals surface area contributed by atoms with Crippen LogP contribution in [0.1, 0.15) is 17.0 Å². The minimum Gasteiger partial charge on any atom is -0.396 e. The lowest BCUT2D eigenvalue weighted by molar-refractivity contribution is -0.384. The van der Waals surface area contributed by atoms with Crippen molar-refractivity contribution < 1.29 is 10.0 Å². The summed E-state index contributed by atoms with van der Waals surface area (Å²) in [6, 6.07) is 16.2. The van der Waals surface area contributed by atoms with E-state index in [4.69, 9.17) is 0 Å². The third kappa shape index (κ3) is 6.60. The Morgan fingerprint density at radius 1 is 1.15 bits per heavy atom. The zero-order valence-electron chi connectivity index (χ0n) is 14.5. The van der Waals surface area contributed by atoms with Gasteiger partial charge in [-0.3, -0.25) is 15.1 Å². The van der Waals surface area contributed by atoms with E-state index in [1.807, 2.05) is 30.3 Å². The largest absolute Gasteiger partial charge is 0.396 e. The first-order chi connectivity index (χ1) is 12.1. The predicted octanol–water partition coefficient (Wildman–Crippen LogP) is 2.65.